The van der Waals surface area contributed by atoms with E-state index in [1.165, 1.54) is 135 Å². The molecule has 4 nitrogen and oxygen atoms in total. The van der Waals surface area contributed by atoms with Gasteiger partial charge in [0.2, 0.25) is 11.8 Å². The summed E-state index contributed by atoms with van der Waals surface area (Å²) in [6.07, 6.45) is 38.5. The lowest BCUT2D eigenvalue weighted by Gasteiger charge is -2.39. The van der Waals surface area contributed by atoms with E-state index in [4.69, 9.17) is 0 Å². The number of fused-ring (bicyclic) bond motifs is 2. The van der Waals surface area contributed by atoms with Crippen molar-refractivity contribution < 1.29 is 9.59 Å². The standard InChI is InChI=1S/C45H84N2O2/c1-6-11-15-19-23-27-33-46(34-28-24-20-16-12-7-2)43(48)38-41(42-37-40-31-32-45(42,10-5)39-40)44(49)47(35-29-25-21-17-13-8-3)36-30-26-22-18-14-9-4/h31-32,40-42H,6-30,33-39H2,1-5H3. The van der Waals surface area contributed by atoms with Gasteiger partial charge >= 0.3 is 0 Å². The number of amides is 2. The molecule has 2 bridgehead atoms. The van der Waals surface area contributed by atoms with Gasteiger partial charge in [-0.1, -0.05) is 175 Å². The van der Waals surface area contributed by atoms with Crippen molar-refractivity contribution in [3.63, 3.8) is 0 Å². The van der Waals surface area contributed by atoms with Gasteiger partial charge in [0, 0.05) is 32.6 Å². The Labute approximate surface area is 306 Å². The summed E-state index contributed by atoms with van der Waals surface area (Å²) in [7, 11) is 0. The molecule has 0 heterocycles. The molecule has 2 aliphatic carbocycles. The van der Waals surface area contributed by atoms with Crippen LogP contribution >= 0.6 is 0 Å². The van der Waals surface area contributed by atoms with Crippen molar-refractivity contribution >= 4 is 11.8 Å². The van der Waals surface area contributed by atoms with Gasteiger partial charge in [-0.05, 0) is 62.2 Å². The Morgan fingerprint density at radius 3 is 1.35 bits per heavy atom. The Balaban J connectivity index is 2.21. The molecule has 2 rings (SSSR count). The SMILES string of the molecule is CCCCCCCCN(CCCCCCCC)C(=O)CC(C(=O)N(CCCCCCCC)CCCCCCCC)C1CC2C=CC1(CC)C2. The highest BCUT2D eigenvalue weighted by atomic mass is 16.2. The first kappa shape index (κ1) is 43.8. The summed E-state index contributed by atoms with van der Waals surface area (Å²) in [5.41, 5.74) is 0.0979. The molecule has 0 aliphatic heterocycles. The monoisotopic (exact) mass is 685 g/mol. The van der Waals surface area contributed by atoms with Crippen LogP contribution < -0.4 is 0 Å². The predicted octanol–water partition coefficient (Wildman–Crippen LogP) is 13.1. The Hall–Kier alpha value is -1.32. The van der Waals surface area contributed by atoms with Gasteiger partial charge < -0.3 is 9.80 Å². The summed E-state index contributed by atoms with van der Waals surface area (Å²) in [4.78, 5) is 33.8. The van der Waals surface area contributed by atoms with Crippen molar-refractivity contribution in [3.8, 4) is 0 Å². The van der Waals surface area contributed by atoms with E-state index in [9.17, 15) is 9.59 Å². The van der Waals surface area contributed by atoms with Crippen LogP contribution in [0.3, 0.4) is 0 Å². The number of carbonyl (C=O) groups is 2. The lowest BCUT2D eigenvalue weighted by molar-refractivity contribution is -0.145. The van der Waals surface area contributed by atoms with Crippen molar-refractivity contribution in [1.29, 1.82) is 0 Å². The van der Waals surface area contributed by atoms with Crippen LogP contribution in [0.15, 0.2) is 12.2 Å². The summed E-state index contributed by atoms with van der Waals surface area (Å²) in [6.45, 7) is 14.9. The first-order valence-corrected chi connectivity index (χ1v) is 22.2. The van der Waals surface area contributed by atoms with Gasteiger partial charge in [0.25, 0.3) is 0 Å². The zero-order valence-electron chi connectivity index (χ0n) is 33.7. The van der Waals surface area contributed by atoms with Crippen molar-refractivity contribution in [3.05, 3.63) is 12.2 Å². The van der Waals surface area contributed by atoms with Gasteiger partial charge in [-0.25, -0.2) is 0 Å². The summed E-state index contributed by atoms with van der Waals surface area (Å²) in [5.74, 6) is 1.28. The molecule has 2 aliphatic rings. The molecule has 286 valence electrons. The molecule has 2 amide bonds. The number of carbonyl (C=O) groups excluding carboxylic acids is 2. The molecule has 4 unspecified atom stereocenters. The van der Waals surface area contributed by atoms with E-state index in [0.717, 1.165) is 64.7 Å². The summed E-state index contributed by atoms with van der Waals surface area (Å²) in [5, 5.41) is 0. The van der Waals surface area contributed by atoms with E-state index < -0.39 is 0 Å². The van der Waals surface area contributed by atoms with E-state index in [-0.39, 0.29) is 17.2 Å². The molecular weight excluding hydrogens is 601 g/mol. The van der Waals surface area contributed by atoms with Crippen LogP contribution in [0.5, 0.6) is 0 Å². The molecule has 4 heteroatoms. The molecule has 0 saturated heterocycles. The van der Waals surface area contributed by atoms with Gasteiger partial charge in [-0.2, -0.15) is 0 Å². The Bertz CT molecular complexity index is 838. The van der Waals surface area contributed by atoms with Crippen molar-refractivity contribution in [2.24, 2.45) is 23.2 Å². The highest BCUT2D eigenvalue weighted by Crippen LogP contribution is 2.58. The topological polar surface area (TPSA) is 40.6 Å². The van der Waals surface area contributed by atoms with Crippen LogP contribution in [0.25, 0.3) is 0 Å². The van der Waals surface area contributed by atoms with Crippen molar-refractivity contribution in [1.82, 2.24) is 9.80 Å². The maximum absolute atomic E-state index is 14.9. The average molecular weight is 685 g/mol. The minimum Gasteiger partial charge on any atom is -0.343 e. The van der Waals surface area contributed by atoms with Gasteiger partial charge in [0.15, 0.2) is 0 Å². The second-order valence-corrected chi connectivity index (χ2v) is 16.3. The van der Waals surface area contributed by atoms with Crippen LogP contribution in [-0.2, 0) is 9.59 Å². The first-order chi connectivity index (χ1) is 24.0. The summed E-state index contributed by atoms with van der Waals surface area (Å²) < 4.78 is 0. The predicted molar refractivity (Wildman–Crippen MR) is 213 cm³/mol. The second kappa shape index (κ2) is 27.3. The third-order valence-corrected chi connectivity index (χ3v) is 12.3. The van der Waals surface area contributed by atoms with Crippen LogP contribution in [-0.4, -0.2) is 47.8 Å². The van der Waals surface area contributed by atoms with Crippen molar-refractivity contribution in [2.75, 3.05) is 26.2 Å². The molecule has 0 aromatic carbocycles. The van der Waals surface area contributed by atoms with E-state index in [2.05, 4.69) is 56.6 Å². The molecule has 1 saturated carbocycles. The zero-order chi connectivity index (χ0) is 35.6. The van der Waals surface area contributed by atoms with E-state index >= 15 is 0 Å². The lowest BCUT2D eigenvalue weighted by Crippen LogP contribution is -2.46. The normalized spacial score (nSPS) is 20.3. The third kappa shape index (κ3) is 16.7. The fourth-order valence-corrected chi connectivity index (χ4v) is 9.02. The molecule has 49 heavy (non-hydrogen) atoms. The van der Waals surface area contributed by atoms with Crippen LogP contribution in [0.2, 0.25) is 0 Å². The maximum atomic E-state index is 14.9. The van der Waals surface area contributed by atoms with Crippen LogP contribution in [0.1, 0.15) is 214 Å². The van der Waals surface area contributed by atoms with E-state index in [0.29, 0.717) is 24.2 Å². The van der Waals surface area contributed by atoms with Crippen molar-refractivity contribution in [2.45, 2.75) is 214 Å². The van der Waals surface area contributed by atoms with Crippen LogP contribution in [0.4, 0.5) is 0 Å². The Kier molecular flexibility index (Phi) is 24.5. The fraction of sp³-hybridized carbons (Fsp3) is 0.911. The third-order valence-electron chi connectivity index (χ3n) is 12.3. The number of nitrogens with zero attached hydrogens (tertiary/aromatic N) is 2. The van der Waals surface area contributed by atoms with Gasteiger partial charge in [-0.15, -0.1) is 0 Å². The Morgan fingerprint density at radius 2 is 0.959 bits per heavy atom. The molecule has 4 atom stereocenters. The largest absolute Gasteiger partial charge is 0.343 e. The second-order valence-electron chi connectivity index (χ2n) is 16.3. The number of unbranched alkanes of at least 4 members (excludes halogenated alkanes) is 20. The van der Waals surface area contributed by atoms with E-state index in [1.807, 2.05) is 0 Å². The number of rotatable bonds is 33. The Morgan fingerprint density at radius 1 is 0.571 bits per heavy atom. The highest BCUT2D eigenvalue weighted by molar-refractivity contribution is 5.86. The molecule has 0 N–H and O–H groups in total. The summed E-state index contributed by atoms with van der Waals surface area (Å²) in [6, 6.07) is 0. The van der Waals surface area contributed by atoms with E-state index in [1.54, 1.807) is 0 Å². The molecule has 0 aromatic heterocycles. The van der Waals surface area contributed by atoms with Gasteiger partial charge in [0.1, 0.15) is 0 Å². The first-order valence-electron chi connectivity index (χ1n) is 22.2. The highest BCUT2D eigenvalue weighted by Gasteiger charge is 2.52. The lowest BCUT2D eigenvalue weighted by atomic mass is 9.68. The average Bonchev–Trinajstić information content (AvgIpc) is 3.70. The minimum absolute atomic E-state index is 0.0979. The summed E-state index contributed by atoms with van der Waals surface area (Å²) >= 11 is 0. The molecular formula is C45H84N2O2. The van der Waals surface area contributed by atoms with Crippen LogP contribution in [0, 0.1) is 23.2 Å². The molecule has 0 aromatic rings. The molecule has 1 fully saturated rings. The molecule has 0 radical (unpaired) electrons. The smallest absolute Gasteiger partial charge is 0.226 e. The fourth-order valence-electron chi connectivity index (χ4n) is 9.02. The number of allylic oxidation sites excluding steroid dienone is 2. The zero-order valence-corrected chi connectivity index (χ0v) is 33.7. The minimum atomic E-state index is -0.181. The van der Waals surface area contributed by atoms with Gasteiger partial charge in [-0.3, -0.25) is 9.59 Å². The number of hydrogen-bond acceptors (Lipinski definition) is 2. The quantitative estimate of drug-likeness (QED) is 0.0510. The van der Waals surface area contributed by atoms with Gasteiger partial charge in [0.05, 0.1) is 5.92 Å². The number of hydrogen-bond donors (Lipinski definition) is 0. The maximum Gasteiger partial charge on any atom is 0.226 e. The molecule has 0 spiro atoms.